The number of para-hydroxylation sites is 2. The summed E-state index contributed by atoms with van der Waals surface area (Å²) in [7, 11) is 0. The van der Waals surface area contributed by atoms with Crippen molar-refractivity contribution in [2.24, 2.45) is 5.92 Å². The van der Waals surface area contributed by atoms with Gasteiger partial charge in [0.25, 0.3) is 0 Å². The maximum atomic E-state index is 6.33. The van der Waals surface area contributed by atoms with Gasteiger partial charge in [-0.1, -0.05) is 111 Å². The fourth-order valence-corrected chi connectivity index (χ4v) is 6.42. The Morgan fingerprint density at radius 1 is 0.611 bits per heavy atom. The van der Waals surface area contributed by atoms with Crippen LogP contribution in [0.25, 0.3) is 33.1 Å². The predicted molar refractivity (Wildman–Crippen MR) is 150 cm³/mol. The van der Waals surface area contributed by atoms with Gasteiger partial charge < -0.3 is 9.73 Å². The number of anilines is 2. The summed E-state index contributed by atoms with van der Waals surface area (Å²) in [6.45, 7) is 4.68. The second kappa shape index (κ2) is 7.86. The SMILES string of the molecule is CC(C)C1(c2ccccc2)c2ccccc2-c2c(Nc3cccc4c3oc3ccccc34)cccc21. The molecule has 1 aliphatic rings. The molecular formula is C34H27NO. The molecule has 0 saturated heterocycles. The van der Waals surface area contributed by atoms with E-state index in [9.17, 15) is 0 Å². The molecule has 0 radical (unpaired) electrons. The highest BCUT2D eigenvalue weighted by atomic mass is 16.3. The number of furan rings is 1. The van der Waals surface area contributed by atoms with Gasteiger partial charge in [-0.15, -0.1) is 0 Å². The Morgan fingerprint density at radius 2 is 1.28 bits per heavy atom. The van der Waals surface area contributed by atoms with Crippen LogP contribution in [0.3, 0.4) is 0 Å². The molecule has 1 atom stereocenters. The van der Waals surface area contributed by atoms with Gasteiger partial charge in [0.15, 0.2) is 5.58 Å². The molecule has 1 N–H and O–H groups in total. The van der Waals surface area contributed by atoms with E-state index >= 15 is 0 Å². The largest absolute Gasteiger partial charge is 0.454 e. The van der Waals surface area contributed by atoms with Gasteiger partial charge in [-0.2, -0.15) is 0 Å². The summed E-state index contributed by atoms with van der Waals surface area (Å²) in [4.78, 5) is 0. The average molecular weight is 466 g/mol. The van der Waals surface area contributed by atoms with Gasteiger partial charge in [0.2, 0.25) is 0 Å². The first-order valence-corrected chi connectivity index (χ1v) is 12.7. The van der Waals surface area contributed by atoms with E-state index in [0.29, 0.717) is 5.92 Å². The first-order valence-electron chi connectivity index (χ1n) is 12.7. The normalized spacial score (nSPS) is 16.4. The minimum Gasteiger partial charge on any atom is -0.454 e. The molecule has 2 nitrogen and oxygen atoms in total. The van der Waals surface area contributed by atoms with Gasteiger partial charge in [-0.3, -0.25) is 0 Å². The van der Waals surface area contributed by atoms with Crippen LogP contribution in [0, 0.1) is 5.92 Å². The summed E-state index contributed by atoms with van der Waals surface area (Å²) in [6, 6.07) is 41.2. The van der Waals surface area contributed by atoms with E-state index in [1.807, 2.05) is 12.1 Å². The summed E-state index contributed by atoms with van der Waals surface area (Å²) in [6.07, 6.45) is 0. The third-order valence-electron chi connectivity index (χ3n) is 7.88. The average Bonchev–Trinajstić information content (AvgIpc) is 3.45. The van der Waals surface area contributed by atoms with Gasteiger partial charge in [0.1, 0.15) is 5.58 Å². The Kier molecular flexibility index (Phi) is 4.59. The van der Waals surface area contributed by atoms with E-state index in [-0.39, 0.29) is 5.41 Å². The van der Waals surface area contributed by atoms with E-state index in [0.717, 1.165) is 33.3 Å². The Labute approximate surface area is 211 Å². The molecule has 1 aliphatic carbocycles. The maximum Gasteiger partial charge on any atom is 0.158 e. The van der Waals surface area contributed by atoms with Crippen molar-refractivity contribution >= 4 is 33.3 Å². The highest BCUT2D eigenvalue weighted by Crippen LogP contribution is 2.58. The van der Waals surface area contributed by atoms with Gasteiger partial charge in [0, 0.05) is 27.4 Å². The summed E-state index contributed by atoms with van der Waals surface area (Å²) in [5, 5.41) is 6.05. The minimum absolute atomic E-state index is 0.212. The molecule has 1 heterocycles. The molecule has 36 heavy (non-hydrogen) atoms. The van der Waals surface area contributed by atoms with Gasteiger partial charge in [-0.25, -0.2) is 0 Å². The van der Waals surface area contributed by atoms with E-state index < -0.39 is 0 Å². The highest BCUT2D eigenvalue weighted by molar-refractivity contribution is 6.09. The van der Waals surface area contributed by atoms with E-state index in [4.69, 9.17) is 4.42 Å². The number of benzene rings is 5. The van der Waals surface area contributed by atoms with Crippen molar-refractivity contribution in [3.63, 3.8) is 0 Å². The molecular weight excluding hydrogens is 438 g/mol. The first-order chi connectivity index (χ1) is 17.7. The fourth-order valence-electron chi connectivity index (χ4n) is 6.42. The van der Waals surface area contributed by atoms with Gasteiger partial charge in [-0.05, 0) is 46.4 Å². The molecule has 0 saturated carbocycles. The van der Waals surface area contributed by atoms with Crippen molar-refractivity contribution in [1.82, 2.24) is 0 Å². The van der Waals surface area contributed by atoms with Crippen LogP contribution in [0.4, 0.5) is 11.4 Å². The van der Waals surface area contributed by atoms with Crippen LogP contribution in [0.5, 0.6) is 0 Å². The zero-order chi connectivity index (χ0) is 24.3. The van der Waals surface area contributed by atoms with E-state index in [2.05, 4.69) is 122 Å². The molecule has 2 heteroatoms. The Bertz CT molecular complexity index is 1740. The van der Waals surface area contributed by atoms with Crippen molar-refractivity contribution in [3.8, 4) is 11.1 Å². The summed E-state index contributed by atoms with van der Waals surface area (Å²) >= 11 is 0. The second-order valence-corrected chi connectivity index (χ2v) is 10.0. The van der Waals surface area contributed by atoms with Crippen LogP contribution in [0.2, 0.25) is 0 Å². The van der Waals surface area contributed by atoms with Crippen LogP contribution < -0.4 is 5.32 Å². The van der Waals surface area contributed by atoms with Crippen LogP contribution in [0.1, 0.15) is 30.5 Å². The predicted octanol–water partition coefficient (Wildman–Crippen LogP) is 9.30. The second-order valence-electron chi connectivity index (χ2n) is 10.0. The monoisotopic (exact) mass is 465 g/mol. The first kappa shape index (κ1) is 21.0. The fraction of sp³-hybridized carbons (Fsp3) is 0.118. The molecule has 0 spiro atoms. The standard InChI is InChI=1S/C34H27NO/c1-22(2)34(23-12-4-3-5-13-23)27-17-8-6-15-26(27)32-28(34)18-11-19-29(32)35-30-20-10-16-25-24-14-7-9-21-31(24)36-33(25)30/h3-22,35H,1-2H3. The van der Waals surface area contributed by atoms with Crippen LogP contribution in [-0.2, 0) is 5.41 Å². The topological polar surface area (TPSA) is 25.2 Å². The van der Waals surface area contributed by atoms with Crippen LogP contribution in [-0.4, -0.2) is 0 Å². The number of hydrogen-bond donors (Lipinski definition) is 1. The lowest BCUT2D eigenvalue weighted by molar-refractivity contribution is 0.447. The molecule has 6 aromatic rings. The van der Waals surface area contributed by atoms with Crippen LogP contribution >= 0.6 is 0 Å². The lowest BCUT2D eigenvalue weighted by Gasteiger charge is -2.37. The Morgan fingerprint density at radius 3 is 2.14 bits per heavy atom. The number of rotatable bonds is 4. The van der Waals surface area contributed by atoms with Crippen molar-refractivity contribution < 1.29 is 4.42 Å². The lowest BCUT2D eigenvalue weighted by atomic mass is 9.65. The lowest BCUT2D eigenvalue weighted by Crippen LogP contribution is -2.33. The molecule has 0 fully saturated rings. The maximum absolute atomic E-state index is 6.33. The third-order valence-corrected chi connectivity index (χ3v) is 7.88. The number of nitrogens with one attached hydrogen (secondary N) is 1. The summed E-state index contributed by atoms with van der Waals surface area (Å²) in [5.74, 6) is 0.372. The van der Waals surface area contributed by atoms with E-state index in [1.165, 1.54) is 27.8 Å². The Balaban J connectivity index is 1.47. The number of fused-ring (bicyclic) bond motifs is 6. The van der Waals surface area contributed by atoms with E-state index in [1.54, 1.807) is 0 Å². The molecule has 1 aromatic heterocycles. The highest BCUT2D eigenvalue weighted by Gasteiger charge is 2.47. The zero-order valence-corrected chi connectivity index (χ0v) is 20.5. The third kappa shape index (κ3) is 2.79. The van der Waals surface area contributed by atoms with Crippen molar-refractivity contribution in [2.75, 3.05) is 5.32 Å². The smallest absolute Gasteiger partial charge is 0.158 e. The van der Waals surface area contributed by atoms with Crippen molar-refractivity contribution in [3.05, 3.63) is 132 Å². The quantitative estimate of drug-likeness (QED) is 0.281. The van der Waals surface area contributed by atoms with Gasteiger partial charge in [0.05, 0.1) is 5.69 Å². The van der Waals surface area contributed by atoms with Crippen LogP contribution in [0.15, 0.2) is 120 Å². The van der Waals surface area contributed by atoms with Crippen molar-refractivity contribution in [1.29, 1.82) is 0 Å². The molecule has 0 aliphatic heterocycles. The minimum atomic E-state index is -0.212. The zero-order valence-electron chi connectivity index (χ0n) is 20.5. The van der Waals surface area contributed by atoms with Crippen molar-refractivity contribution in [2.45, 2.75) is 19.3 Å². The van der Waals surface area contributed by atoms with Gasteiger partial charge >= 0.3 is 0 Å². The molecule has 174 valence electrons. The summed E-state index contributed by atoms with van der Waals surface area (Å²) < 4.78 is 6.33. The molecule has 0 bridgehead atoms. The summed E-state index contributed by atoms with van der Waals surface area (Å²) in [5.41, 5.74) is 10.3. The molecule has 5 aromatic carbocycles. The number of hydrogen-bond acceptors (Lipinski definition) is 2. The Hall–Kier alpha value is -4.30. The molecule has 7 rings (SSSR count). The molecule has 0 amide bonds. The molecule has 1 unspecified atom stereocenters.